The van der Waals surface area contributed by atoms with E-state index in [-0.39, 0.29) is 59.0 Å². The van der Waals surface area contributed by atoms with Gasteiger partial charge in [0.05, 0.1) is 35.6 Å². The van der Waals surface area contributed by atoms with Crippen LogP contribution < -0.4 is 5.73 Å². The van der Waals surface area contributed by atoms with Gasteiger partial charge in [-0.2, -0.15) is 0 Å². The first-order valence-corrected chi connectivity index (χ1v) is 12.3. The summed E-state index contributed by atoms with van der Waals surface area (Å²) >= 11 is 0. The Kier molecular flexibility index (Phi) is 6.14. The molecule has 0 radical (unpaired) electrons. The quantitative estimate of drug-likeness (QED) is 0.422. The molecule has 1 aromatic rings. The fourth-order valence-electron chi connectivity index (χ4n) is 6.48. The number of aliphatic hydroxyl groups excluding tert-OH is 2. The lowest BCUT2D eigenvalue weighted by Crippen LogP contribution is -2.57. The summed E-state index contributed by atoms with van der Waals surface area (Å²) in [5.41, 5.74) is 5.29. The summed E-state index contributed by atoms with van der Waals surface area (Å²) in [6.45, 7) is 3.58. The molecule has 0 aromatic heterocycles. The number of nitrogens with two attached hydrogens (primary N) is 1. The van der Waals surface area contributed by atoms with E-state index in [4.69, 9.17) is 15.2 Å². The minimum absolute atomic E-state index is 0.00541. The summed E-state index contributed by atoms with van der Waals surface area (Å²) in [5.74, 6) is -2.09. The van der Waals surface area contributed by atoms with Crippen molar-refractivity contribution in [3.63, 3.8) is 0 Å². The number of hydrogen-bond acceptors (Lipinski definition) is 9. The molecule has 35 heavy (non-hydrogen) atoms. The number of phenolic OH excluding ortho intramolecular Hbond substituents is 1. The van der Waals surface area contributed by atoms with Crippen LogP contribution in [0.2, 0.25) is 0 Å². The highest BCUT2D eigenvalue weighted by atomic mass is 16.7. The third kappa shape index (κ3) is 3.94. The van der Waals surface area contributed by atoms with Gasteiger partial charge in [0.2, 0.25) is 0 Å². The highest BCUT2D eigenvalue weighted by Gasteiger charge is 2.55. The number of aromatic hydroxyl groups is 1. The summed E-state index contributed by atoms with van der Waals surface area (Å²) in [6, 6.07) is 3.82. The zero-order valence-electron chi connectivity index (χ0n) is 19.9. The van der Waals surface area contributed by atoms with Gasteiger partial charge in [0, 0.05) is 41.5 Å². The Morgan fingerprint density at radius 1 is 1.20 bits per heavy atom. The highest BCUT2D eigenvalue weighted by Crippen LogP contribution is 2.51. The first-order chi connectivity index (χ1) is 16.5. The van der Waals surface area contributed by atoms with Crippen molar-refractivity contribution in [1.82, 2.24) is 0 Å². The molecule has 2 fully saturated rings. The van der Waals surface area contributed by atoms with Gasteiger partial charge < -0.3 is 35.6 Å². The predicted octanol–water partition coefficient (Wildman–Crippen LogP) is 1.21. The number of Topliss-reactive ketones (excluding diaryl/α,β-unsaturated/α-hetero) is 2. The van der Waals surface area contributed by atoms with Gasteiger partial charge in [0.15, 0.2) is 17.9 Å². The molecule has 1 heterocycles. The maximum atomic E-state index is 13.4. The lowest BCUT2D eigenvalue weighted by atomic mass is 9.59. The fraction of sp³-hybridized carbons (Fsp3) is 0.615. The second kappa shape index (κ2) is 8.76. The molecule has 3 unspecified atom stereocenters. The van der Waals surface area contributed by atoms with Gasteiger partial charge in [0.1, 0.15) is 5.75 Å². The molecule has 1 aliphatic heterocycles. The standard InChI is InChI=1S/C26H33NO8/c1-3-26(33)9-12-7-14-21(25(32)20-13(23(14)30)5-4-6-16(20)28)24(31)19(12)17(10-26)35-18-8-15(27)22(29)11(2)34-18/h4-6,11-12,15,17-19,22,24,28-29,31,33H,3,7-10,27H2,1-2H3/t11-,12?,15-,17-,18-,19?,22+,24?,26-/m0/s1. The van der Waals surface area contributed by atoms with Crippen LogP contribution in [0.15, 0.2) is 29.3 Å². The van der Waals surface area contributed by atoms with Gasteiger partial charge >= 0.3 is 0 Å². The van der Waals surface area contributed by atoms with E-state index in [1.165, 1.54) is 18.2 Å². The van der Waals surface area contributed by atoms with Gasteiger partial charge in [-0.1, -0.05) is 19.1 Å². The van der Waals surface area contributed by atoms with E-state index < -0.39 is 54.0 Å². The van der Waals surface area contributed by atoms with Crippen LogP contribution in [0.1, 0.15) is 66.7 Å². The molecule has 1 aromatic carbocycles. The van der Waals surface area contributed by atoms with Gasteiger partial charge in [-0.15, -0.1) is 0 Å². The Morgan fingerprint density at radius 3 is 2.63 bits per heavy atom. The number of carbonyl (C=O) groups is 2. The van der Waals surface area contributed by atoms with Gasteiger partial charge in [0.25, 0.3) is 0 Å². The van der Waals surface area contributed by atoms with E-state index in [0.29, 0.717) is 12.8 Å². The molecule has 1 saturated heterocycles. The smallest absolute Gasteiger partial charge is 0.196 e. The molecule has 0 bridgehead atoms. The largest absolute Gasteiger partial charge is 0.507 e. The maximum absolute atomic E-state index is 13.4. The van der Waals surface area contributed by atoms with E-state index in [9.17, 15) is 30.0 Å². The topological polar surface area (TPSA) is 160 Å². The lowest BCUT2D eigenvalue weighted by Gasteiger charge is -2.51. The first-order valence-electron chi connectivity index (χ1n) is 12.3. The van der Waals surface area contributed by atoms with Crippen LogP contribution in [-0.4, -0.2) is 74.3 Å². The number of aliphatic hydroxyl groups is 3. The zero-order chi connectivity index (χ0) is 25.2. The number of allylic oxidation sites excluding steroid dienone is 1. The van der Waals surface area contributed by atoms with E-state index in [1.54, 1.807) is 6.92 Å². The van der Waals surface area contributed by atoms with Crippen LogP contribution in [-0.2, 0) is 9.47 Å². The monoisotopic (exact) mass is 487 g/mol. The minimum atomic E-state index is -1.31. The molecular formula is C26H33NO8. The third-order valence-electron chi connectivity index (χ3n) is 8.42. The molecule has 9 atom stereocenters. The van der Waals surface area contributed by atoms with Crippen LogP contribution in [0, 0.1) is 11.8 Å². The second-order valence-electron chi connectivity index (χ2n) is 10.6. The molecule has 0 spiro atoms. The van der Waals surface area contributed by atoms with Crippen LogP contribution in [0.5, 0.6) is 5.75 Å². The summed E-state index contributed by atoms with van der Waals surface area (Å²) in [7, 11) is 0. The van der Waals surface area contributed by atoms with Crippen molar-refractivity contribution in [3.05, 3.63) is 40.5 Å². The molecule has 0 amide bonds. The number of hydrogen-bond donors (Lipinski definition) is 5. The molecule has 9 nitrogen and oxygen atoms in total. The summed E-state index contributed by atoms with van der Waals surface area (Å²) < 4.78 is 12.1. The first kappa shape index (κ1) is 24.5. The fourth-order valence-corrected chi connectivity index (χ4v) is 6.48. The summed E-state index contributed by atoms with van der Waals surface area (Å²) in [5, 5.41) is 43.2. The average molecular weight is 488 g/mol. The third-order valence-corrected chi connectivity index (χ3v) is 8.42. The zero-order valence-corrected chi connectivity index (χ0v) is 19.9. The van der Waals surface area contributed by atoms with Crippen LogP contribution >= 0.6 is 0 Å². The minimum Gasteiger partial charge on any atom is -0.507 e. The van der Waals surface area contributed by atoms with E-state index in [1.807, 2.05) is 6.92 Å². The summed E-state index contributed by atoms with van der Waals surface area (Å²) in [4.78, 5) is 26.7. The normalized spacial score (nSPS) is 41.3. The van der Waals surface area contributed by atoms with E-state index in [0.717, 1.165) is 0 Å². The molecular weight excluding hydrogens is 454 g/mol. The Labute approximate surface area is 203 Å². The molecule has 6 N–H and O–H groups in total. The van der Waals surface area contributed by atoms with Gasteiger partial charge in [-0.25, -0.2) is 0 Å². The molecule has 4 aliphatic rings. The maximum Gasteiger partial charge on any atom is 0.196 e. The Hall–Kier alpha value is -2.14. The van der Waals surface area contributed by atoms with Crippen molar-refractivity contribution in [1.29, 1.82) is 0 Å². The SMILES string of the molecule is CC[C@]1(O)CC2CC3=C(C(=O)c4c(O)cccc4C3=O)C(O)C2[C@@H](O[C@H]2C[C@H](N)[C@H](O)[C@H](C)O2)C1. The average Bonchev–Trinajstić information content (AvgIpc) is 2.80. The van der Waals surface area contributed by atoms with Crippen molar-refractivity contribution in [2.45, 2.75) is 88.3 Å². The van der Waals surface area contributed by atoms with E-state index in [2.05, 4.69) is 0 Å². The van der Waals surface area contributed by atoms with Crippen LogP contribution in [0.4, 0.5) is 0 Å². The predicted molar refractivity (Wildman–Crippen MR) is 124 cm³/mol. The van der Waals surface area contributed by atoms with Crippen molar-refractivity contribution < 1.29 is 39.5 Å². The molecule has 9 heteroatoms. The van der Waals surface area contributed by atoms with Crippen molar-refractivity contribution in [3.8, 4) is 5.75 Å². The Bertz CT molecular complexity index is 1070. The van der Waals surface area contributed by atoms with E-state index >= 15 is 0 Å². The van der Waals surface area contributed by atoms with Crippen LogP contribution in [0.3, 0.4) is 0 Å². The van der Waals surface area contributed by atoms with Crippen molar-refractivity contribution in [2.24, 2.45) is 17.6 Å². The molecule has 1 saturated carbocycles. The number of fused-ring (bicyclic) bond motifs is 2. The van der Waals surface area contributed by atoms with Crippen molar-refractivity contribution >= 4 is 11.6 Å². The summed E-state index contributed by atoms with van der Waals surface area (Å²) in [6.07, 6.45) is -2.59. The molecule has 5 rings (SSSR count). The number of benzene rings is 1. The number of phenols is 1. The Balaban J connectivity index is 1.50. The number of ketones is 2. The van der Waals surface area contributed by atoms with Gasteiger partial charge in [-0.3, -0.25) is 9.59 Å². The molecule has 3 aliphatic carbocycles. The number of ether oxygens (including phenoxy) is 2. The van der Waals surface area contributed by atoms with Crippen molar-refractivity contribution in [2.75, 3.05) is 0 Å². The lowest BCUT2D eigenvalue weighted by molar-refractivity contribution is -0.266. The molecule has 190 valence electrons. The number of carbonyl (C=O) groups excluding carboxylic acids is 2. The van der Waals surface area contributed by atoms with Gasteiger partial charge in [-0.05, 0) is 38.2 Å². The van der Waals surface area contributed by atoms with Crippen LogP contribution in [0.25, 0.3) is 0 Å². The highest BCUT2D eigenvalue weighted by molar-refractivity contribution is 6.28. The second-order valence-corrected chi connectivity index (χ2v) is 10.6. The Morgan fingerprint density at radius 2 is 1.94 bits per heavy atom. The number of rotatable bonds is 3.